The van der Waals surface area contributed by atoms with E-state index in [2.05, 4.69) is 23.2 Å². The summed E-state index contributed by atoms with van der Waals surface area (Å²) in [4.78, 5) is 2.21. The van der Waals surface area contributed by atoms with Gasteiger partial charge in [-0.05, 0) is 45.7 Å². The van der Waals surface area contributed by atoms with Gasteiger partial charge in [-0.25, -0.2) is 8.42 Å². The van der Waals surface area contributed by atoms with E-state index in [1.807, 2.05) is 6.92 Å². The molecule has 0 aromatic rings. The number of hydrogen-bond donors (Lipinski definition) is 1. The van der Waals surface area contributed by atoms with Crippen LogP contribution in [0.2, 0.25) is 0 Å². The second-order valence-corrected chi connectivity index (χ2v) is 8.12. The number of hydrogen-bond acceptors (Lipinski definition) is 5. The van der Waals surface area contributed by atoms with Gasteiger partial charge in [-0.1, -0.05) is 6.92 Å². The van der Waals surface area contributed by atoms with Crippen LogP contribution in [0.5, 0.6) is 0 Å². The monoisotopic (exact) mass is 301 g/mol. The summed E-state index contributed by atoms with van der Waals surface area (Å²) in [6, 6.07) is 2.36. The number of nitrogens with one attached hydrogen (secondary N) is 1. The molecule has 0 amide bonds. The summed E-state index contributed by atoms with van der Waals surface area (Å²) in [6.07, 6.45) is 3.88. The van der Waals surface area contributed by atoms with E-state index in [0.717, 1.165) is 38.8 Å². The van der Waals surface area contributed by atoms with Crippen molar-refractivity contribution in [2.45, 2.75) is 45.1 Å². The molecule has 1 aliphatic rings. The van der Waals surface area contributed by atoms with Gasteiger partial charge in [-0.15, -0.1) is 0 Å². The van der Waals surface area contributed by atoms with Crippen LogP contribution in [0.15, 0.2) is 0 Å². The lowest BCUT2D eigenvalue weighted by Gasteiger charge is -2.27. The third-order valence-electron chi connectivity index (χ3n) is 3.85. The predicted octanol–water partition coefficient (Wildman–Crippen LogP) is 1.17. The van der Waals surface area contributed by atoms with E-state index in [-0.39, 0.29) is 0 Å². The van der Waals surface area contributed by atoms with Crippen molar-refractivity contribution in [1.82, 2.24) is 10.2 Å². The Morgan fingerprint density at radius 2 is 1.95 bits per heavy atom. The molecule has 1 aliphatic heterocycles. The summed E-state index contributed by atoms with van der Waals surface area (Å²) < 4.78 is 22.7. The van der Waals surface area contributed by atoms with Crippen molar-refractivity contribution in [3.63, 3.8) is 0 Å². The number of unbranched alkanes of at least 4 members (excludes halogenated alkanes) is 1. The summed E-state index contributed by atoms with van der Waals surface area (Å²) >= 11 is 0. The summed E-state index contributed by atoms with van der Waals surface area (Å²) in [6.45, 7) is 7.17. The molecule has 116 valence electrons. The van der Waals surface area contributed by atoms with E-state index >= 15 is 0 Å². The summed E-state index contributed by atoms with van der Waals surface area (Å²) in [7, 11) is -2.78. The molecule has 1 rings (SSSR count). The Morgan fingerprint density at radius 1 is 1.30 bits per heavy atom. The first-order chi connectivity index (χ1) is 9.41. The van der Waals surface area contributed by atoms with Crippen molar-refractivity contribution in [2.75, 3.05) is 37.7 Å². The second-order valence-electron chi connectivity index (χ2n) is 5.82. The molecule has 1 N–H and O–H groups in total. The third kappa shape index (κ3) is 6.21. The van der Waals surface area contributed by atoms with E-state index in [1.165, 1.54) is 0 Å². The topological polar surface area (TPSA) is 73.2 Å². The fourth-order valence-corrected chi connectivity index (χ4v) is 3.65. The lowest BCUT2D eigenvalue weighted by molar-refractivity contribution is 0.282. The molecule has 0 spiro atoms. The lowest BCUT2D eigenvalue weighted by atomic mass is 9.96. The second kappa shape index (κ2) is 7.96. The molecule has 1 atom stereocenters. The van der Waals surface area contributed by atoms with Gasteiger partial charge in [0.2, 0.25) is 0 Å². The Bertz CT molecular complexity index is 416. The molecule has 0 radical (unpaired) electrons. The maximum absolute atomic E-state index is 11.3. The molecular weight excluding hydrogens is 274 g/mol. The Kier molecular flexibility index (Phi) is 6.93. The highest BCUT2D eigenvalue weighted by atomic mass is 32.2. The summed E-state index contributed by atoms with van der Waals surface area (Å²) in [5.74, 6) is 0.585. The van der Waals surface area contributed by atoms with Crippen LogP contribution in [0.25, 0.3) is 0 Å². The van der Waals surface area contributed by atoms with E-state index < -0.39 is 15.4 Å². The Labute approximate surface area is 123 Å². The van der Waals surface area contributed by atoms with Gasteiger partial charge >= 0.3 is 0 Å². The number of nitrogens with zero attached hydrogens (tertiary/aromatic N) is 2. The molecule has 0 bridgehead atoms. The van der Waals surface area contributed by atoms with Crippen molar-refractivity contribution in [3.05, 3.63) is 0 Å². The minimum Gasteiger partial charge on any atom is -0.301 e. The van der Waals surface area contributed by atoms with Crippen LogP contribution in [-0.2, 0) is 9.84 Å². The number of rotatable bonds is 8. The quantitative estimate of drug-likeness (QED) is 0.681. The van der Waals surface area contributed by atoms with E-state index in [1.54, 1.807) is 0 Å². The minimum absolute atomic E-state index is 0.293. The smallest absolute Gasteiger partial charge is 0.152 e. The average Bonchev–Trinajstić information content (AvgIpc) is 2.43. The van der Waals surface area contributed by atoms with Gasteiger partial charge in [0.1, 0.15) is 5.54 Å². The molecule has 5 nitrogen and oxygen atoms in total. The van der Waals surface area contributed by atoms with Gasteiger partial charge in [-0.3, -0.25) is 5.32 Å². The molecule has 0 aromatic carbocycles. The zero-order chi connectivity index (χ0) is 15.1. The van der Waals surface area contributed by atoms with Gasteiger partial charge in [0.05, 0.1) is 17.6 Å². The SMILES string of the molecule is CCCNC(C)(C#N)CCCCN1CCS(=O)(=O)CC1. The molecule has 6 heteroatoms. The highest BCUT2D eigenvalue weighted by molar-refractivity contribution is 7.91. The first-order valence-electron chi connectivity index (χ1n) is 7.50. The van der Waals surface area contributed by atoms with Crippen molar-refractivity contribution in [1.29, 1.82) is 5.26 Å². The number of sulfone groups is 1. The van der Waals surface area contributed by atoms with Gasteiger partial charge in [0.25, 0.3) is 0 Å². The summed E-state index contributed by atoms with van der Waals surface area (Å²) in [5, 5.41) is 12.5. The molecule has 20 heavy (non-hydrogen) atoms. The van der Waals surface area contributed by atoms with Crippen LogP contribution in [0.3, 0.4) is 0 Å². The first kappa shape index (κ1) is 17.4. The highest BCUT2D eigenvalue weighted by Gasteiger charge is 2.23. The molecule has 0 aliphatic carbocycles. The van der Waals surface area contributed by atoms with Gasteiger partial charge in [-0.2, -0.15) is 5.26 Å². The lowest BCUT2D eigenvalue weighted by Crippen LogP contribution is -2.42. The Morgan fingerprint density at radius 3 is 2.50 bits per heavy atom. The van der Waals surface area contributed by atoms with Crippen molar-refractivity contribution in [3.8, 4) is 6.07 Å². The van der Waals surface area contributed by atoms with E-state index in [9.17, 15) is 13.7 Å². The molecule has 1 heterocycles. The van der Waals surface area contributed by atoms with Crippen LogP contribution >= 0.6 is 0 Å². The highest BCUT2D eigenvalue weighted by Crippen LogP contribution is 2.14. The van der Waals surface area contributed by atoms with Crippen LogP contribution < -0.4 is 5.32 Å². The zero-order valence-electron chi connectivity index (χ0n) is 12.7. The van der Waals surface area contributed by atoms with Gasteiger partial charge in [0.15, 0.2) is 9.84 Å². The maximum Gasteiger partial charge on any atom is 0.152 e. The Hall–Kier alpha value is -0.640. The fraction of sp³-hybridized carbons (Fsp3) is 0.929. The van der Waals surface area contributed by atoms with Gasteiger partial charge in [0, 0.05) is 13.1 Å². The van der Waals surface area contributed by atoms with Crippen LogP contribution in [0, 0.1) is 11.3 Å². The Balaban J connectivity index is 2.20. The normalized spacial score (nSPS) is 22.1. The average molecular weight is 301 g/mol. The molecule has 1 saturated heterocycles. The van der Waals surface area contributed by atoms with E-state index in [4.69, 9.17) is 0 Å². The van der Waals surface area contributed by atoms with Crippen molar-refractivity contribution in [2.24, 2.45) is 0 Å². The minimum atomic E-state index is -2.78. The largest absolute Gasteiger partial charge is 0.301 e. The first-order valence-corrected chi connectivity index (χ1v) is 9.32. The third-order valence-corrected chi connectivity index (χ3v) is 5.46. The summed E-state index contributed by atoms with van der Waals surface area (Å²) in [5.41, 5.74) is -0.429. The molecule has 1 fully saturated rings. The van der Waals surface area contributed by atoms with Crippen molar-refractivity contribution < 1.29 is 8.42 Å². The molecular formula is C14H27N3O2S. The molecule has 1 unspecified atom stereocenters. The molecule has 0 aromatic heterocycles. The predicted molar refractivity (Wildman–Crippen MR) is 81.3 cm³/mol. The molecule has 0 saturated carbocycles. The maximum atomic E-state index is 11.3. The number of nitriles is 1. The standard InChI is InChI=1S/C14H27N3O2S/c1-3-7-16-14(2,13-15)6-4-5-8-17-9-11-20(18,19)12-10-17/h16H,3-12H2,1-2H3. The zero-order valence-corrected chi connectivity index (χ0v) is 13.5. The van der Waals surface area contributed by atoms with Crippen LogP contribution in [0.4, 0.5) is 0 Å². The van der Waals surface area contributed by atoms with Gasteiger partial charge < -0.3 is 4.90 Å². The van der Waals surface area contributed by atoms with Crippen molar-refractivity contribution >= 4 is 9.84 Å². The van der Waals surface area contributed by atoms with Crippen LogP contribution in [0.1, 0.15) is 39.5 Å². The fourth-order valence-electron chi connectivity index (χ4n) is 2.37. The van der Waals surface area contributed by atoms with Crippen LogP contribution in [-0.4, -0.2) is 56.5 Å². The van der Waals surface area contributed by atoms with E-state index in [0.29, 0.717) is 24.6 Å².